The van der Waals surface area contributed by atoms with E-state index in [0.29, 0.717) is 25.2 Å². The maximum absolute atomic E-state index is 12.2. The summed E-state index contributed by atoms with van der Waals surface area (Å²) in [5, 5.41) is 0. The molecule has 2 aromatic rings. The monoisotopic (exact) mass is 441 g/mol. The van der Waals surface area contributed by atoms with Gasteiger partial charge in [-0.1, -0.05) is 113 Å². The third-order valence-electron chi connectivity index (χ3n) is 6.57. The van der Waals surface area contributed by atoms with Crippen LogP contribution in [0.4, 0.5) is 0 Å². The highest BCUT2D eigenvalue weighted by atomic mass is 16.1. The lowest BCUT2D eigenvalue weighted by molar-refractivity contribution is -0.119. The van der Waals surface area contributed by atoms with Gasteiger partial charge in [0, 0.05) is 31.5 Å². The first-order chi connectivity index (χ1) is 15.6. The average Bonchev–Trinajstić information content (AvgIpc) is 2.89. The molecule has 0 aliphatic heterocycles. The Morgan fingerprint density at radius 2 is 1.42 bits per heavy atom. The van der Waals surface area contributed by atoms with Crippen molar-refractivity contribution in [1.29, 1.82) is 0 Å². The zero-order valence-corrected chi connectivity index (χ0v) is 21.1. The summed E-state index contributed by atoms with van der Waals surface area (Å²) in [6, 6.07) is 21.2. The summed E-state index contributed by atoms with van der Waals surface area (Å²) in [5.41, 5.74) is 5.17. The quantitative estimate of drug-likeness (QED) is 0.361. The molecule has 3 rings (SSSR count). The Hall–Kier alpha value is -2.63. The normalized spacial score (nSPS) is 17.8. The number of carbonyl (C=O) groups is 1. The predicted molar refractivity (Wildman–Crippen MR) is 139 cm³/mol. The van der Waals surface area contributed by atoms with Gasteiger partial charge < -0.3 is 0 Å². The van der Waals surface area contributed by atoms with Crippen LogP contribution in [0.15, 0.2) is 71.8 Å². The smallest absolute Gasteiger partial charge is 0.133 e. The summed E-state index contributed by atoms with van der Waals surface area (Å²) in [6.07, 6.45) is 3.08. The van der Waals surface area contributed by atoms with Crippen molar-refractivity contribution in [2.45, 2.75) is 73.4 Å². The Balaban J connectivity index is 1.89. The zero-order chi connectivity index (χ0) is 23.9. The molecule has 1 saturated carbocycles. The largest absolute Gasteiger partial charge is 0.300 e. The van der Waals surface area contributed by atoms with Crippen molar-refractivity contribution < 1.29 is 4.79 Å². The van der Waals surface area contributed by atoms with Gasteiger partial charge in [0.15, 0.2) is 0 Å². The molecule has 0 heterocycles. The highest BCUT2D eigenvalue weighted by Crippen LogP contribution is 2.43. The van der Waals surface area contributed by atoms with Gasteiger partial charge in [0.1, 0.15) is 5.78 Å². The summed E-state index contributed by atoms with van der Waals surface area (Å²) in [5.74, 6) is 7.52. The number of carbonyl (C=O) groups excluding carboxylic acids is 1. The number of rotatable bonds is 5. The van der Waals surface area contributed by atoms with Gasteiger partial charge in [0.25, 0.3) is 0 Å². The molecule has 2 nitrogen and oxygen atoms in total. The number of benzene rings is 2. The number of Topliss-reactive ketones (excluding diaryl/α,β-unsaturated/α-hetero) is 1. The number of allylic oxidation sites excluding steroid dienone is 2. The van der Waals surface area contributed by atoms with E-state index in [9.17, 15) is 4.79 Å². The molecule has 0 atom stereocenters. The molecular weight excluding hydrogens is 402 g/mol. The molecule has 1 aliphatic rings. The fourth-order valence-electron chi connectivity index (χ4n) is 4.60. The van der Waals surface area contributed by atoms with Crippen molar-refractivity contribution >= 4 is 5.78 Å². The molecular formula is C31H39NO. The summed E-state index contributed by atoms with van der Waals surface area (Å²) >= 11 is 0. The van der Waals surface area contributed by atoms with Gasteiger partial charge in [0.2, 0.25) is 0 Å². The fourth-order valence-corrected chi connectivity index (χ4v) is 4.60. The van der Waals surface area contributed by atoms with E-state index in [1.165, 1.54) is 22.3 Å². The van der Waals surface area contributed by atoms with E-state index >= 15 is 0 Å². The SMILES string of the molecule is CC(C)(C)/C(C#CCN(Cc1ccccc1)Cc1ccccc1)=C1/CCC(=O)CCC1(C)C. The van der Waals surface area contributed by atoms with Gasteiger partial charge in [-0.25, -0.2) is 0 Å². The number of nitrogens with zero attached hydrogens (tertiary/aromatic N) is 1. The molecule has 1 aliphatic carbocycles. The number of hydrogen-bond acceptors (Lipinski definition) is 2. The molecule has 0 spiro atoms. The standard InChI is InChI=1S/C31H39NO/c1-30(2,3)28(29-19-18-27(33)20-21-31(29,4)5)17-12-22-32(23-25-13-8-6-9-14-25)24-26-15-10-7-11-16-26/h6-11,13-16H,18-24H2,1-5H3/b29-28-. The lowest BCUT2D eigenvalue weighted by Crippen LogP contribution is -2.24. The average molecular weight is 442 g/mol. The van der Waals surface area contributed by atoms with Gasteiger partial charge in [-0.2, -0.15) is 0 Å². The lowest BCUT2D eigenvalue weighted by Gasteiger charge is -2.32. The molecule has 0 N–H and O–H groups in total. The minimum atomic E-state index is -0.0450. The van der Waals surface area contributed by atoms with Crippen LogP contribution in [-0.4, -0.2) is 17.2 Å². The van der Waals surface area contributed by atoms with Gasteiger partial charge in [-0.3, -0.25) is 9.69 Å². The lowest BCUT2D eigenvalue weighted by atomic mass is 9.72. The first-order valence-corrected chi connectivity index (χ1v) is 12.2. The topological polar surface area (TPSA) is 20.3 Å². The van der Waals surface area contributed by atoms with Crippen LogP contribution in [0.1, 0.15) is 71.4 Å². The Morgan fingerprint density at radius 3 is 1.94 bits per heavy atom. The second-order valence-corrected chi connectivity index (χ2v) is 10.9. The van der Waals surface area contributed by atoms with Crippen LogP contribution in [-0.2, 0) is 17.9 Å². The molecule has 0 saturated heterocycles. The van der Waals surface area contributed by atoms with E-state index in [1.54, 1.807) is 0 Å². The van der Waals surface area contributed by atoms with E-state index in [0.717, 1.165) is 25.9 Å². The molecule has 0 amide bonds. The van der Waals surface area contributed by atoms with Crippen molar-refractivity contribution in [1.82, 2.24) is 4.90 Å². The summed E-state index contributed by atoms with van der Waals surface area (Å²) in [7, 11) is 0. The van der Waals surface area contributed by atoms with Crippen LogP contribution in [0.5, 0.6) is 0 Å². The van der Waals surface area contributed by atoms with Crippen LogP contribution >= 0.6 is 0 Å². The summed E-state index contributed by atoms with van der Waals surface area (Å²) in [6.45, 7) is 13.8. The van der Waals surface area contributed by atoms with Gasteiger partial charge in [-0.15, -0.1) is 0 Å². The van der Waals surface area contributed by atoms with Crippen LogP contribution in [0.2, 0.25) is 0 Å². The van der Waals surface area contributed by atoms with Crippen molar-refractivity contribution in [2.24, 2.45) is 10.8 Å². The first-order valence-electron chi connectivity index (χ1n) is 12.2. The summed E-state index contributed by atoms with van der Waals surface area (Å²) in [4.78, 5) is 14.6. The molecule has 174 valence electrons. The van der Waals surface area contributed by atoms with E-state index < -0.39 is 0 Å². The van der Waals surface area contributed by atoms with E-state index in [2.05, 4.69) is 112 Å². The third kappa shape index (κ3) is 7.44. The van der Waals surface area contributed by atoms with Crippen LogP contribution in [0, 0.1) is 22.7 Å². The Kier molecular flexibility index (Phi) is 8.33. The minimum Gasteiger partial charge on any atom is -0.300 e. The highest BCUT2D eigenvalue weighted by Gasteiger charge is 2.33. The number of ketones is 1. The second kappa shape index (κ2) is 11.0. The zero-order valence-electron chi connectivity index (χ0n) is 21.1. The molecule has 0 aromatic heterocycles. The predicted octanol–water partition coefficient (Wildman–Crippen LogP) is 7.20. The van der Waals surface area contributed by atoms with Crippen LogP contribution in [0.25, 0.3) is 0 Å². The molecule has 0 radical (unpaired) electrons. The summed E-state index contributed by atoms with van der Waals surface area (Å²) < 4.78 is 0. The molecule has 0 unspecified atom stereocenters. The first kappa shape index (κ1) is 25.0. The minimum absolute atomic E-state index is 0.0111. The Labute approximate surface area is 201 Å². The van der Waals surface area contributed by atoms with Crippen LogP contribution in [0.3, 0.4) is 0 Å². The molecule has 0 bridgehead atoms. The Morgan fingerprint density at radius 1 is 0.879 bits per heavy atom. The maximum Gasteiger partial charge on any atom is 0.133 e. The Bertz CT molecular complexity index is 972. The van der Waals surface area contributed by atoms with Crippen molar-refractivity contribution in [3.05, 3.63) is 82.9 Å². The van der Waals surface area contributed by atoms with Crippen LogP contribution < -0.4 is 0 Å². The van der Waals surface area contributed by atoms with Gasteiger partial charge in [0.05, 0.1) is 6.54 Å². The van der Waals surface area contributed by atoms with E-state index in [1.807, 2.05) is 0 Å². The number of hydrogen-bond donors (Lipinski definition) is 0. The van der Waals surface area contributed by atoms with Crippen molar-refractivity contribution in [3.8, 4) is 11.8 Å². The molecule has 2 heteroatoms. The van der Waals surface area contributed by atoms with E-state index in [-0.39, 0.29) is 10.8 Å². The maximum atomic E-state index is 12.2. The fraction of sp³-hybridized carbons (Fsp3) is 0.452. The van der Waals surface area contributed by atoms with Gasteiger partial charge >= 0.3 is 0 Å². The van der Waals surface area contributed by atoms with Crippen molar-refractivity contribution in [2.75, 3.05) is 6.54 Å². The molecule has 2 aromatic carbocycles. The highest BCUT2D eigenvalue weighted by molar-refractivity contribution is 5.79. The van der Waals surface area contributed by atoms with Crippen molar-refractivity contribution in [3.63, 3.8) is 0 Å². The molecule has 33 heavy (non-hydrogen) atoms. The van der Waals surface area contributed by atoms with Gasteiger partial charge in [-0.05, 0) is 34.8 Å². The second-order valence-electron chi connectivity index (χ2n) is 10.9. The van der Waals surface area contributed by atoms with E-state index in [4.69, 9.17) is 0 Å². The molecule has 1 fully saturated rings. The third-order valence-corrected chi connectivity index (χ3v) is 6.57.